The molecule has 0 saturated carbocycles. The van der Waals surface area contributed by atoms with E-state index in [2.05, 4.69) is 0 Å². The van der Waals surface area contributed by atoms with Gasteiger partial charge in [0.05, 0.1) is 0 Å². The van der Waals surface area contributed by atoms with E-state index >= 15 is 0 Å². The number of halogens is 9. The normalized spacial score (nSPS) is 15.2. The zero-order valence-electron chi connectivity index (χ0n) is 8.07. The van der Waals surface area contributed by atoms with Crippen molar-refractivity contribution >= 4 is 61.5 Å². The van der Waals surface area contributed by atoms with Gasteiger partial charge in [-0.3, -0.25) is 4.55 Å². The monoisotopic (exact) mass is 339 g/mol. The molecule has 1 N–H and O–H groups in total. The fraction of sp³-hybridized carbons (Fsp3) is 1.00. The third-order valence-electron chi connectivity index (χ3n) is 1.44. The van der Waals surface area contributed by atoms with Crippen LogP contribution in [0, 0.1) is 0 Å². The molecule has 0 heterocycles. The van der Waals surface area contributed by atoms with Crippen LogP contribution < -0.4 is 0 Å². The minimum absolute atomic E-state index is 0. The first-order chi connectivity index (χ1) is 7.00. The topological polar surface area (TPSA) is 54.4 Å². The van der Waals surface area contributed by atoms with E-state index in [-0.39, 0.29) is 51.4 Å². The molecule has 1 radical (unpaired) electrons. The van der Waals surface area contributed by atoms with Gasteiger partial charge in [0.1, 0.15) is 0 Å². The summed E-state index contributed by atoms with van der Waals surface area (Å²) in [7, 11) is -7.17. The Morgan fingerprint density at radius 3 is 1.17 bits per heavy atom. The van der Waals surface area contributed by atoms with Gasteiger partial charge in [0.15, 0.2) is 0 Å². The van der Waals surface area contributed by atoms with Crippen LogP contribution in [0.4, 0.5) is 39.5 Å². The molecule has 0 unspecified atom stereocenters. The van der Waals surface area contributed by atoms with Crippen molar-refractivity contribution < 1.29 is 52.5 Å². The quantitative estimate of drug-likeness (QED) is 0.486. The van der Waals surface area contributed by atoms with Gasteiger partial charge in [-0.25, -0.2) is 0 Å². The second-order valence-electron chi connectivity index (χ2n) is 2.64. The molecule has 0 amide bonds. The Balaban J connectivity index is 0. The fourth-order valence-corrected chi connectivity index (χ4v) is 0.975. The third-order valence-corrected chi connectivity index (χ3v) is 2.34. The minimum atomic E-state index is -7.37. The van der Waals surface area contributed by atoms with Gasteiger partial charge in [-0.1, -0.05) is 0 Å². The van der Waals surface area contributed by atoms with Gasteiger partial charge in [0.25, 0.3) is 0 Å². The zero-order valence-corrected chi connectivity index (χ0v) is 12.0. The molecule has 3 nitrogen and oxygen atoms in total. The molecule has 0 aromatic rings. The average molecular weight is 339 g/mol. The van der Waals surface area contributed by atoms with E-state index in [9.17, 15) is 47.9 Å². The minimum Gasteiger partial charge on any atom is -0.281 e. The largest absolute Gasteiger partial charge is 0.460 e. The van der Waals surface area contributed by atoms with E-state index < -0.39 is 33.4 Å². The number of hydrogen-bond acceptors (Lipinski definition) is 2. The summed E-state index contributed by atoms with van der Waals surface area (Å²) in [5.74, 6) is -14.7. The van der Waals surface area contributed by atoms with Crippen LogP contribution in [0.2, 0.25) is 0 Å². The summed E-state index contributed by atoms with van der Waals surface area (Å²) in [6.45, 7) is 0. The first-order valence-corrected chi connectivity index (χ1v) is 4.61. The molecule has 0 aromatic carbocycles. The van der Waals surface area contributed by atoms with E-state index in [0.29, 0.717) is 0 Å². The molecule has 0 saturated heterocycles. The Labute approximate surface area is 136 Å². The molecule has 0 aliphatic heterocycles. The van der Waals surface area contributed by atoms with Crippen molar-refractivity contribution in [3.63, 3.8) is 0 Å². The SMILES string of the molecule is O=S(=O)(O)C(F)(F)C(F)(F)C(F)(F)C(F)(F)F.[K]. The molecular formula is C4HF9KO3S. The maximum Gasteiger partial charge on any atom is 0.460 e. The van der Waals surface area contributed by atoms with Crippen LogP contribution in [0.25, 0.3) is 0 Å². The summed E-state index contributed by atoms with van der Waals surface area (Å²) >= 11 is 0. The molecule has 0 aliphatic rings. The second-order valence-corrected chi connectivity index (χ2v) is 4.10. The molecule has 0 aromatic heterocycles. The summed E-state index contributed by atoms with van der Waals surface area (Å²) < 4.78 is 134. The Kier molecular flexibility index (Phi) is 6.32. The molecule has 0 aliphatic carbocycles. The smallest absolute Gasteiger partial charge is 0.281 e. The van der Waals surface area contributed by atoms with Crippen molar-refractivity contribution in [2.45, 2.75) is 23.3 Å². The summed E-state index contributed by atoms with van der Waals surface area (Å²) in [4.78, 5) is 0. The number of rotatable bonds is 3. The second kappa shape index (κ2) is 5.36. The van der Waals surface area contributed by atoms with Crippen LogP contribution in [0.3, 0.4) is 0 Å². The Morgan fingerprint density at radius 2 is 1.00 bits per heavy atom. The van der Waals surface area contributed by atoms with Gasteiger partial charge in [-0.05, 0) is 0 Å². The van der Waals surface area contributed by atoms with E-state index in [0.717, 1.165) is 0 Å². The van der Waals surface area contributed by atoms with Gasteiger partial charge in [-0.2, -0.15) is 47.9 Å². The number of alkyl halides is 9. The average Bonchev–Trinajstić information content (AvgIpc) is 1.98. The first-order valence-electron chi connectivity index (χ1n) is 3.17. The first kappa shape index (κ1) is 21.2. The summed E-state index contributed by atoms with van der Waals surface area (Å²) in [6, 6.07) is 0. The molecule has 0 bridgehead atoms. The molecule has 0 rings (SSSR count). The van der Waals surface area contributed by atoms with Gasteiger partial charge >= 0.3 is 33.4 Å². The van der Waals surface area contributed by atoms with Crippen molar-refractivity contribution in [1.82, 2.24) is 0 Å². The van der Waals surface area contributed by atoms with Crippen LogP contribution in [-0.4, -0.2) is 87.6 Å². The van der Waals surface area contributed by atoms with Crippen LogP contribution in [0.1, 0.15) is 0 Å². The van der Waals surface area contributed by atoms with Crippen molar-refractivity contribution in [3.8, 4) is 0 Å². The molecule has 0 atom stereocenters. The van der Waals surface area contributed by atoms with Crippen molar-refractivity contribution in [1.29, 1.82) is 0 Å². The molecular weight excluding hydrogens is 338 g/mol. The molecule has 18 heavy (non-hydrogen) atoms. The Bertz CT molecular complexity index is 399. The van der Waals surface area contributed by atoms with Crippen molar-refractivity contribution in [3.05, 3.63) is 0 Å². The maximum absolute atomic E-state index is 12.2. The van der Waals surface area contributed by atoms with Crippen LogP contribution in [0.15, 0.2) is 0 Å². The van der Waals surface area contributed by atoms with E-state index in [1.54, 1.807) is 0 Å². The zero-order chi connectivity index (χ0) is 14.5. The van der Waals surface area contributed by atoms with Gasteiger partial charge in [-0.15, -0.1) is 0 Å². The van der Waals surface area contributed by atoms with E-state index in [4.69, 9.17) is 4.55 Å². The standard InChI is InChI=1S/C4HF9O3S.K/c5-1(6,3(9,10)11)2(7,8)4(12,13)17(14,15)16;/h(H,14,15,16);. The van der Waals surface area contributed by atoms with Crippen LogP contribution in [0.5, 0.6) is 0 Å². The predicted molar refractivity (Wildman–Crippen MR) is 38.2 cm³/mol. The molecule has 0 fully saturated rings. The van der Waals surface area contributed by atoms with Crippen LogP contribution >= 0.6 is 0 Å². The van der Waals surface area contributed by atoms with Gasteiger partial charge < -0.3 is 0 Å². The fourth-order valence-electron chi connectivity index (χ4n) is 0.523. The summed E-state index contributed by atoms with van der Waals surface area (Å²) in [6.07, 6.45) is -7.13. The molecule has 0 spiro atoms. The van der Waals surface area contributed by atoms with Crippen molar-refractivity contribution in [2.75, 3.05) is 0 Å². The predicted octanol–water partition coefficient (Wildman–Crippen LogP) is 1.92. The third kappa shape index (κ3) is 3.14. The Hall–Kier alpha value is 0.916. The molecule has 105 valence electrons. The Morgan fingerprint density at radius 1 is 0.722 bits per heavy atom. The van der Waals surface area contributed by atoms with E-state index in [1.165, 1.54) is 0 Å². The van der Waals surface area contributed by atoms with Crippen LogP contribution in [-0.2, 0) is 10.1 Å². The van der Waals surface area contributed by atoms with Gasteiger partial charge in [0, 0.05) is 51.4 Å². The number of hydrogen-bond donors (Lipinski definition) is 1. The van der Waals surface area contributed by atoms with E-state index in [1.807, 2.05) is 0 Å². The molecule has 14 heteroatoms. The summed E-state index contributed by atoms with van der Waals surface area (Å²) in [5, 5.41) is -7.00. The summed E-state index contributed by atoms with van der Waals surface area (Å²) in [5.41, 5.74) is 0. The maximum atomic E-state index is 12.2. The van der Waals surface area contributed by atoms with Crippen molar-refractivity contribution in [2.24, 2.45) is 0 Å². The van der Waals surface area contributed by atoms with Gasteiger partial charge in [0.2, 0.25) is 0 Å².